The molecule has 1 fully saturated rings. The van der Waals surface area contributed by atoms with Gasteiger partial charge in [-0.25, -0.2) is 4.79 Å². The molecule has 1 saturated heterocycles. The molecule has 0 bridgehead atoms. The largest absolute Gasteiger partial charge is 0.444 e. The minimum absolute atomic E-state index is 0.353. The van der Waals surface area contributed by atoms with Gasteiger partial charge in [0.25, 0.3) is 11.8 Å². The molecule has 2 heterocycles. The molecule has 0 radical (unpaired) electrons. The second kappa shape index (κ2) is 7.47. The van der Waals surface area contributed by atoms with Gasteiger partial charge in [0.1, 0.15) is 22.7 Å². The van der Waals surface area contributed by atoms with Crippen molar-refractivity contribution in [3.63, 3.8) is 0 Å². The Labute approximate surface area is 160 Å². The Bertz CT molecular complexity index is 876. The van der Waals surface area contributed by atoms with E-state index in [9.17, 15) is 14.4 Å². The first-order chi connectivity index (χ1) is 12.7. The third-order valence-electron chi connectivity index (χ3n) is 4.00. The molecule has 1 aliphatic rings. The van der Waals surface area contributed by atoms with Gasteiger partial charge in [-0.2, -0.15) is 8.75 Å². The lowest BCUT2D eigenvalue weighted by atomic mass is 10.2. The van der Waals surface area contributed by atoms with Crippen LogP contribution in [0.5, 0.6) is 0 Å². The molecule has 2 aromatic rings. The number of likely N-dealkylation sites (tertiary alicyclic amines) is 1. The van der Waals surface area contributed by atoms with Gasteiger partial charge in [0.15, 0.2) is 0 Å². The van der Waals surface area contributed by atoms with Crippen molar-refractivity contribution in [2.75, 3.05) is 6.54 Å². The summed E-state index contributed by atoms with van der Waals surface area (Å²) < 4.78 is 13.5. The number of rotatable bonds is 2. The van der Waals surface area contributed by atoms with E-state index in [1.54, 1.807) is 39.0 Å². The third-order valence-corrected chi connectivity index (χ3v) is 4.56. The topological polar surface area (TPSA) is 114 Å². The Morgan fingerprint density at radius 1 is 1.19 bits per heavy atom. The Morgan fingerprint density at radius 3 is 2.67 bits per heavy atom. The molecule has 1 atom stereocenters. The van der Waals surface area contributed by atoms with Gasteiger partial charge < -0.3 is 4.74 Å². The predicted octanol–water partition coefficient (Wildman–Crippen LogP) is 1.85. The van der Waals surface area contributed by atoms with Crippen LogP contribution >= 0.6 is 11.7 Å². The molecule has 0 saturated carbocycles. The molecule has 27 heavy (non-hydrogen) atoms. The van der Waals surface area contributed by atoms with E-state index < -0.39 is 29.6 Å². The summed E-state index contributed by atoms with van der Waals surface area (Å²) >= 11 is 1.06. The van der Waals surface area contributed by atoms with E-state index >= 15 is 0 Å². The summed E-state index contributed by atoms with van der Waals surface area (Å²) in [7, 11) is 0. The lowest BCUT2D eigenvalue weighted by Crippen LogP contribution is -2.52. The molecule has 144 valence electrons. The molecular weight excluding hydrogens is 370 g/mol. The highest BCUT2D eigenvalue weighted by Crippen LogP contribution is 2.21. The van der Waals surface area contributed by atoms with E-state index in [2.05, 4.69) is 19.6 Å². The first-order valence-corrected chi connectivity index (χ1v) is 9.30. The summed E-state index contributed by atoms with van der Waals surface area (Å²) in [6.07, 6.45) is 0.670. The molecule has 3 amide bonds. The van der Waals surface area contributed by atoms with Crippen LogP contribution in [0.2, 0.25) is 0 Å². The molecule has 3 rings (SSSR count). The standard InChI is InChI=1S/C17H21N5O4S/c1-17(2,3)26-16(25)22-8-4-5-13(22)15(24)19-18-14(23)10-6-7-11-12(9-10)21-27-20-11/h6-7,9,13H,4-5,8H2,1-3H3,(H,18,23)(H,19,24). The number of nitrogens with zero attached hydrogens (tertiary/aromatic N) is 3. The molecule has 1 aromatic carbocycles. The van der Waals surface area contributed by atoms with Crippen molar-refractivity contribution in [3.05, 3.63) is 23.8 Å². The highest BCUT2D eigenvalue weighted by molar-refractivity contribution is 7.00. The minimum atomic E-state index is -0.676. The van der Waals surface area contributed by atoms with Crippen molar-refractivity contribution < 1.29 is 19.1 Å². The molecule has 1 aromatic heterocycles. The zero-order chi connectivity index (χ0) is 19.6. The van der Waals surface area contributed by atoms with Crippen LogP contribution in [0.4, 0.5) is 4.79 Å². The molecule has 1 unspecified atom stereocenters. The lowest BCUT2D eigenvalue weighted by Gasteiger charge is -2.28. The number of ether oxygens (including phenoxy) is 1. The number of hydrogen-bond acceptors (Lipinski definition) is 7. The van der Waals surface area contributed by atoms with Crippen LogP contribution in [0.1, 0.15) is 44.0 Å². The summed E-state index contributed by atoms with van der Waals surface area (Å²) in [6.45, 7) is 5.75. The van der Waals surface area contributed by atoms with Crippen molar-refractivity contribution in [1.29, 1.82) is 0 Å². The van der Waals surface area contributed by atoms with Crippen LogP contribution in [-0.4, -0.2) is 49.7 Å². The van der Waals surface area contributed by atoms with Gasteiger partial charge in [-0.1, -0.05) is 0 Å². The fourth-order valence-corrected chi connectivity index (χ4v) is 3.29. The maximum absolute atomic E-state index is 12.4. The lowest BCUT2D eigenvalue weighted by molar-refractivity contribution is -0.126. The van der Waals surface area contributed by atoms with Gasteiger partial charge in [-0.15, -0.1) is 0 Å². The van der Waals surface area contributed by atoms with Crippen LogP contribution in [0, 0.1) is 0 Å². The molecule has 1 aliphatic heterocycles. The molecule has 0 spiro atoms. The summed E-state index contributed by atoms with van der Waals surface area (Å²) in [5.74, 6) is -0.928. The number of amides is 3. The highest BCUT2D eigenvalue weighted by Gasteiger charge is 2.36. The fraction of sp³-hybridized carbons (Fsp3) is 0.471. The summed E-state index contributed by atoms with van der Waals surface area (Å²) in [6, 6.07) is 4.22. The number of carbonyl (C=O) groups excluding carboxylic acids is 3. The zero-order valence-corrected chi connectivity index (χ0v) is 16.1. The van der Waals surface area contributed by atoms with Gasteiger partial charge in [-0.05, 0) is 51.8 Å². The van der Waals surface area contributed by atoms with Crippen molar-refractivity contribution in [1.82, 2.24) is 24.5 Å². The van der Waals surface area contributed by atoms with Crippen molar-refractivity contribution in [2.45, 2.75) is 45.3 Å². The van der Waals surface area contributed by atoms with Crippen LogP contribution in [0.25, 0.3) is 11.0 Å². The summed E-state index contributed by atoms with van der Waals surface area (Å²) in [5.41, 5.74) is 5.81. The molecule has 10 heteroatoms. The van der Waals surface area contributed by atoms with Gasteiger partial charge in [0.05, 0.1) is 11.7 Å². The van der Waals surface area contributed by atoms with Crippen molar-refractivity contribution >= 4 is 40.7 Å². The highest BCUT2D eigenvalue weighted by atomic mass is 32.1. The minimum Gasteiger partial charge on any atom is -0.444 e. The average molecular weight is 391 g/mol. The number of hydrazine groups is 1. The quantitative estimate of drug-likeness (QED) is 0.756. The van der Waals surface area contributed by atoms with Gasteiger partial charge in [-0.3, -0.25) is 25.3 Å². The molecular formula is C17H21N5O4S. The Morgan fingerprint density at radius 2 is 1.93 bits per heavy atom. The molecule has 0 aliphatic carbocycles. The van der Waals surface area contributed by atoms with Gasteiger partial charge in [0, 0.05) is 12.1 Å². The Hall–Kier alpha value is -2.75. The first-order valence-electron chi connectivity index (χ1n) is 8.57. The monoisotopic (exact) mass is 391 g/mol. The Kier molecular flexibility index (Phi) is 5.26. The fourth-order valence-electron chi connectivity index (χ4n) is 2.78. The number of carbonyl (C=O) groups is 3. The van der Waals surface area contributed by atoms with Crippen molar-refractivity contribution in [3.8, 4) is 0 Å². The maximum atomic E-state index is 12.4. The van der Waals surface area contributed by atoms with Gasteiger partial charge >= 0.3 is 6.09 Å². The van der Waals surface area contributed by atoms with E-state index in [-0.39, 0.29) is 0 Å². The summed E-state index contributed by atoms with van der Waals surface area (Å²) in [5, 5.41) is 0. The van der Waals surface area contributed by atoms with Crippen LogP contribution in [0.15, 0.2) is 18.2 Å². The summed E-state index contributed by atoms with van der Waals surface area (Å²) in [4.78, 5) is 38.3. The van der Waals surface area contributed by atoms with E-state index in [1.165, 1.54) is 4.90 Å². The number of fused-ring (bicyclic) bond motifs is 1. The van der Waals surface area contributed by atoms with Crippen molar-refractivity contribution in [2.24, 2.45) is 0 Å². The van der Waals surface area contributed by atoms with E-state index in [0.29, 0.717) is 36.0 Å². The zero-order valence-electron chi connectivity index (χ0n) is 15.3. The van der Waals surface area contributed by atoms with E-state index in [4.69, 9.17) is 4.74 Å². The number of nitrogens with one attached hydrogen (secondary N) is 2. The predicted molar refractivity (Wildman–Crippen MR) is 99.0 cm³/mol. The second-order valence-corrected chi connectivity index (χ2v) is 7.77. The second-order valence-electron chi connectivity index (χ2n) is 7.24. The number of aromatic nitrogens is 2. The molecule has 2 N–H and O–H groups in total. The van der Waals surface area contributed by atoms with Crippen LogP contribution < -0.4 is 10.9 Å². The third kappa shape index (κ3) is 4.51. The molecule has 9 nitrogen and oxygen atoms in total. The van der Waals surface area contributed by atoms with E-state index in [1.807, 2.05) is 0 Å². The SMILES string of the molecule is CC(C)(C)OC(=O)N1CCCC1C(=O)NNC(=O)c1ccc2nsnc2c1. The number of hydrogen-bond donors (Lipinski definition) is 2. The van der Waals surface area contributed by atoms with Gasteiger partial charge in [0.2, 0.25) is 0 Å². The smallest absolute Gasteiger partial charge is 0.410 e. The maximum Gasteiger partial charge on any atom is 0.410 e. The average Bonchev–Trinajstić information content (AvgIpc) is 3.25. The first kappa shape index (κ1) is 19.0. The number of benzene rings is 1. The normalized spacial score (nSPS) is 17.0. The Balaban J connectivity index is 1.59. The van der Waals surface area contributed by atoms with Crippen LogP contribution in [0.3, 0.4) is 0 Å². The van der Waals surface area contributed by atoms with Crippen LogP contribution in [-0.2, 0) is 9.53 Å². The van der Waals surface area contributed by atoms with E-state index in [0.717, 1.165) is 11.7 Å².